The molecule has 2 aromatic rings. The Morgan fingerprint density at radius 2 is 2.19 bits per heavy atom. The number of benzene rings is 1. The number of thioether (sulfide) groups is 1. The number of nitrogens with two attached hydrogens (primary N) is 1. The Morgan fingerprint density at radius 1 is 1.38 bits per heavy atom. The van der Waals surface area contributed by atoms with Crippen LogP contribution in [0, 0.1) is 0 Å². The number of methoxy groups -OCH3 is 1. The molecule has 140 valence electrons. The summed E-state index contributed by atoms with van der Waals surface area (Å²) in [4.78, 5) is 25.2. The maximum absolute atomic E-state index is 12.1. The molecule has 9 heteroatoms. The molecule has 0 aliphatic carbocycles. The normalized spacial score (nSPS) is 10.4. The number of carbonyl (C=O) groups excluding carboxylic acids is 2. The number of thiophene rings is 1. The van der Waals surface area contributed by atoms with Crippen LogP contribution < -0.4 is 15.8 Å². The molecule has 0 radical (unpaired) electrons. The highest BCUT2D eigenvalue weighted by atomic mass is 35.5. The lowest BCUT2D eigenvalue weighted by Gasteiger charge is -2.11. The lowest BCUT2D eigenvalue weighted by molar-refractivity contribution is -0.124. The number of amides is 1. The third-order valence-corrected chi connectivity index (χ3v) is 5.66. The minimum atomic E-state index is -0.703. The Kier molecular flexibility index (Phi) is 8.08. The molecular formula is C17H19ClN2O4S2. The van der Waals surface area contributed by atoms with Crippen molar-refractivity contribution < 1.29 is 19.1 Å². The third-order valence-electron chi connectivity index (χ3n) is 3.27. The second-order valence-corrected chi connectivity index (χ2v) is 7.68. The van der Waals surface area contributed by atoms with E-state index in [0.29, 0.717) is 6.54 Å². The Hall–Kier alpha value is -1.90. The number of nitrogen functional groups attached to an aromatic ring is 1. The molecule has 1 aromatic carbocycles. The summed E-state index contributed by atoms with van der Waals surface area (Å²) in [5, 5.41) is 4.96. The van der Waals surface area contributed by atoms with Crippen LogP contribution in [0.5, 0.6) is 5.75 Å². The largest absolute Gasteiger partial charge is 0.496 e. The molecule has 0 spiro atoms. The molecule has 0 fully saturated rings. The van der Waals surface area contributed by atoms with Crippen molar-refractivity contribution >= 4 is 52.3 Å². The number of nitrogens with one attached hydrogen (secondary N) is 1. The van der Waals surface area contributed by atoms with Crippen molar-refractivity contribution in [3.63, 3.8) is 0 Å². The number of hydrogen-bond donors (Lipinski definition) is 2. The number of hydrogen-bond acceptors (Lipinski definition) is 7. The molecule has 0 saturated heterocycles. The zero-order valence-corrected chi connectivity index (χ0v) is 16.5. The van der Waals surface area contributed by atoms with Gasteiger partial charge in [-0.25, -0.2) is 4.79 Å². The zero-order chi connectivity index (χ0) is 18.9. The zero-order valence-electron chi connectivity index (χ0n) is 14.1. The second-order valence-electron chi connectivity index (χ2n) is 5.13. The average Bonchev–Trinajstić information content (AvgIpc) is 3.14. The van der Waals surface area contributed by atoms with Crippen molar-refractivity contribution in [3.05, 3.63) is 45.1 Å². The second kappa shape index (κ2) is 10.3. The fourth-order valence-electron chi connectivity index (χ4n) is 1.99. The van der Waals surface area contributed by atoms with Gasteiger partial charge in [-0.15, -0.1) is 11.3 Å². The molecule has 0 saturated carbocycles. The van der Waals surface area contributed by atoms with Gasteiger partial charge in [-0.05, 0) is 17.5 Å². The molecule has 0 atom stereocenters. The molecule has 1 heterocycles. The molecule has 0 aliphatic heterocycles. The number of anilines is 1. The number of ether oxygens (including phenoxy) is 2. The molecule has 2 rings (SSSR count). The molecular weight excluding hydrogens is 396 g/mol. The predicted octanol–water partition coefficient (Wildman–Crippen LogP) is 3.20. The van der Waals surface area contributed by atoms with Crippen molar-refractivity contribution in [2.75, 3.05) is 31.7 Å². The van der Waals surface area contributed by atoms with Crippen molar-refractivity contribution in [2.45, 2.75) is 5.75 Å². The summed E-state index contributed by atoms with van der Waals surface area (Å²) in [5.41, 5.74) is 6.07. The number of esters is 1. The van der Waals surface area contributed by atoms with E-state index in [1.54, 1.807) is 23.1 Å². The van der Waals surface area contributed by atoms with E-state index < -0.39 is 5.97 Å². The van der Waals surface area contributed by atoms with Crippen LogP contribution in [0.3, 0.4) is 0 Å². The standard InChI is InChI=1S/C17H19ClN2O4S2/c1-23-15-8-14(19)13(18)7-12(15)17(22)24-9-16(21)20-4-6-25-10-11-3-2-5-26-11/h2-3,5,7-8H,4,6,9-10,19H2,1H3,(H,20,21). The van der Waals surface area contributed by atoms with Gasteiger partial charge in [0.25, 0.3) is 5.91 Å². The van der Waals surface area contributed by atoms with E-state index in [1.807, 2.05) is 11.4 Å². The highest BCUT2D eigenvalue weighted by molar-refractivity contribution is 7.98. The Balaban J connectivity index is 1.71. The fourth-order valence-corrected chi connectivity index (χ4v) is 3.85. The van der Waals surface area contributed by atoms with Crippen LogP contribution in [0.4, 0.5) is 5.69 Å². The minimum absolute atomic E-state index is 0.117. The molecule has 1 aromatic heterocycles. The maximum atomic E-state index is 12.1. The summed E-state index contributed by atoms with van der Waals surface area (Å²) in [7, 11) is 1.40. The summed E-state index contributed by atoms with van der Waals surface area (Å²) < 4.78 is 10.1. The number of halogens is 1. The van der Waals surface area contributed by atoms with E-state index >= 15 is 0 Å². The monoisotopic (exact) mass is 414 g/mol. The van der Waals surface area contributed by atoms with Gasteiger partial charge in [0, 0.05) is 29.0 Å². The van der Waals surface area contributed by atoms with Gasteiger partial charge in [-0.2, -0.15) is 11.8 Å². The first kappa shape index (κ1) is 20.4. The Bertz CT molecular complexity index is 753. The third kappa shape index (κ3) is 6.12. The molecule has 0 bridgehead atoms. The Morgan fingerprint density at radius 3 is 2.88 bits per heavy atom. The minimum Gasteiger partial charge on any atom is -0.496 e. The van der Waals surface area contributed by atoms with E-state index in [9.17, 15) is 9.59 Å². The van der Waals surface area contributed by atoms with E-state index in [0.717, 1.165) is 11.5 Å². The van der Waals surface area contributed by atoms with Gasteiger partial charge < -0.3 is 20.5 Å². The quantitative estimate of drug-likeness (QED) is 0.372. The van der Waals surface area contributed by atoms with Crippen molar-refractivity contribution in [2.24, 2.45) is 0 Å². The number of carbonyl (C=O) groups is 2. The van der Waals surface area contributed by atoms with Crippen LogP contribution >= 0.6 is 34.7 Å². The van der Waals surface area contributed by atoms with Crippen LogP contribution in [0.2, 0.25) is 5.02 Å². The van der Waals surface area contributed by atoms with Gasteiger partial charge >= 0.3 is 5.97 Å². The predicted molar refractivity (Wildman–Crippen MR) is 106 cm³/mol. The van der Waals surface area contributed by atoms with E-state index in [4.69, 9.17) is 26.8 Å². The van der Waals surface area contributed by atoms with Crippen LogP contribution in [0.1, 0.15) is 15.2 Å². The van der Waals surface area contributed by atoms with E-state index in [-0.39, 0.29) is 34.5 Å². The SMILES string of the molecule is COc1cc(N)c(Cl)cc1C(=O)OCC(=O)NCCSCc1cccs1. The highest BCUT2D eigenvalue weighted by Gasteiger charge is 2.17. The molecule has 1 amide bonds. The lowest BCUT2D eigenvalue weighted by Crippen LogP contribution is -2.30. The smallest absolute Gasteiger partial charge is 0.342 e. The summed E-state index contributed by atoms with van der Waals surface area (Å²) in [6.07, 6.45) is 0. The highest BCUT2D eigenvalue weighted by Crippen LogP contribution is 2.29. The van der Waals surface area contributed by atoms with Crippen LogP contribution in [0.15, 0.2) is 29.6 Å². The molecule has 0 aliphatic rings. The van der Waals surface area contributed by atoms with Gasteiger partial charge in [-0.3, -0.25) is 4.79 Å². The van der Waals surface area contributed by atoms with Gasteiger partial charge in [0.05, 0.1) is 17.8 Å². The van der Waals surface area contributed by atoms with Gasteiger partial charge in [0.15, 0.2) is 6.61 Å². The summed E-state index contributed by atoms with van der Waals surface area (Å²) in [6, 6.07) is 6.88. The van der Waals surface area contributed by atoms with E-state index in [1.165, 1.54) is 24.1 Å². The van der Waals surface area contributed by atoms with Gasteiger partial charge in [0.2, 0.25) is 0 Å². The van der Waals surface area contributed by atoms with Crippen LogP contribution in [0.25, 0.3) is 0 Å². The first-order valence-electron chi connectivity index (χ1n) is 7.68. The summed E-state index contributed by atoms with van der Waals surface area (Å²) in [5.74, 6) is 0.864. The first-order valence-corrected chi connectivity index (χ1v) is 10.1. The summed E-state index contributed by atoms with van der Waals surface area (Å²) >= 11 is 9.35. The molecule has 3 N–H and O–H groups in total. The average molecular weight is 415 g/mol. The van der Waals surface area contributed by atoms with Gasteiger partial charge in [0.1, 0.15) is 11.3 Å². The summed E-state index contributed by atoms with van der Waals surface area (Å²) in [6.45, 7) is 0.128. The van der Waals surface area contributed by atoms with Crippen molar-refractivity contribution in [1.82, 2.24) is 5.32 Å². The maximum Gasteiger partial charge on any atom is 0.342 e. The topological polar surface area (TPSA) is 90.7 Å². The molecule has 6 nitrogen and oxygen atoms in total. The van der Waals surface area contributed by atoms with Crippen LogP contribution in [-0.4, -0.2) is 37.9 Å². The molecule has 26 heavy (non-hydrogen) atoms. The number of rotatable bonds is 9. The molecule has 0 unspecified atom stereocenters. The van der Waals surface area contributed by atoms with Crippen LogP contribution in [-0.2, 0) is 15.3 Å². The fraction of sp³-hybridized carbons (Fsp3) is 0.294. The van der Waals surface area contributed by atoms with Crippen molar-refractivity contribution in [1.29, 1.82) is 0 Å². The lowest BCUT2D eigenvalue weighted by atomic mass is 10.2. The first-order chi connectivity index (χ1) is 12.5. The van der Waals surface area contributed by atoms with Gasteiger partial charge in [-0.1, -0.05) is 17.7 Å². The van der Waals surface area contributed by atoms with Crippen molar-refractivity contribution in [3.8, 4) is 5.75 Å². The van der Waals surface area contributed by atoms with E-state index in [2.05, 4.69) is 11.4 Å². The Labute approximate surface area is 165 Å².